The van der Waals surface area contributed by atoms with Gasteiger partial charge >= 0.3 is 0 Å². The summed E-state index contributed by atoms with van der Waals surface area (Å²) in [4.78, 5) is 11.9. The highest BCUT2D eigenvalue weighted by Gasteiger charge is 2.17. The van der Waals surface area contributed by atoms with Crippen molar-refractivity contribution in [3.63, 3.8) is 0 Å². The number of halogens is 1. The summed E-state index contributed by atoms with van der Waals surface area (Å²) < 4.78 is 13.7. The molecule has 1 aromatic rings. The first-order valence-electron chi connectivity index (χ1n) is 5.89. The minimum absolute atomic E-state index is 0.132. The maximum Gasteiger partial charge on any atom is 0.254 e. The van der Waals surface area contributed by atoms with Crippen molar-refractivity contribution in [3.8, 4) is 0 Å². The van der Waals surface area contributed by atoms with Gasteiger partial charge in [-0.1, -0.05) is 24.3 Å². The van der Waals surface area contributed by atoms with Crippen molar-refractivity contribution in [2.75, 3.05) is 0 Å². The lowest BCUT2D eigenvalue weighted by Crippen LogP contribution is -2.35. The van der Waals surface area contributed by atoms with Gasteiger partial charge in [-0.2, -0.15) is 0 Å². The molecule has 0 heterocycles. The van der Waals surface area contributed by atoms with Gasteiger partial charge < -0.3 is 5.32 Å². The molecule has 1 N–H and O–H groups in total. The van der Waals surface area contributed by atoms with E-state index in [9.17, 15) is 9.18 Å². The molecule has 90 valence electrons. The predicted molar refractivity (Wildman–Crippen MR) is 65.4 cm³/mol. The van der Waals surface area contributed by atoms with Crippen LogP contribution in [-0.2, 0) is 0 Å². The fourth-order valence-corrected chi connectivity index (χ4v) is 2.01. The van der Waals surface area contributed by atoms with E-state index in [-0.39, 0.29) is 17.5 Å². The Morgan fingerprint density at radius 2 is 2.24 bits per heavy atom. The lowest BCUT2D eigenvalue weighted by atomic mass is 10.0. The second-order valence-corrected chi connectivity index (χ2v) is 4.39. The average Bonchev–Trinajstić information content (AvgIpc) is 2.34. The molecule has 1 aromatic carbocycles. The fourth-order valence-electron chi connectivity index (χ4n) is 2.01. The van der Waals surface area contributed by atoms with Gasteiger partial charge in [0.1, 0.15) is 5.82 Å². The summed E-state index contributed by atoms with van der Waals surface area (Å²) in [7, 11) is 0. The molecule has 0 bridgehead atoms. The minimum Gasteiger partial charge on any atom is -0.349 e. The Morgan fingerprint density at radius 1 is 1.41 bits per heavy atom. The summed E-state index contributed by atoms with van der Waals surface area (Å²) in [6.45, 7) is 1.66. The minimum atomic E-state index is -0.420. The number of carbonyl (C=O) groups is 1. The van der Waals surface area contributed by atoms with E-state index < -0.39 is 5.82 Å². The van der Waals surface area contributed by atoms with E-state index in [0.29, 0.717) is 5.56 Å². The van der Waals surface area contributed by atoms with Crippen LogP contribution in [0.3, 0.4) is 0 Å². The average molecular weight is 233 g/mol. The summed E-state index contributed by atoms with van der Waals surface area (Å²) in [5, 5.41) is 2.87. The zero-order valence-electron chi connectivity index (χ0n) is 9.87. The number of allylic oxidation sites excluding steroid dienone is 1. The molecule has 17 heavy (non-hydrogen) atoms. The Kier molecular flexibility index (Phi) is 3.57. The van der Waals surface area contributed by atoms with Crippen LogP contribution in [0.25, 0.3) is 0 Å². The van der Waals surface area contributed by atoms with E-state index >= 15 is 0 Å². The highest BCUT2D eigenvalue weighted by Crippen LogP contribution is 2.14. The maximum absolute atomic E-state index is 13.7. The highest BCUT2D eigenvalue weighted by atomic mass is 19.1. The SMILES string of the molecule is Cc1cccc(C(=O)NC2CC=CCC2)c1F. The van der Waals surface area contributed by atoms with Gasteiger partial charge in [-0.15, -0.1) is 0 Å². The number of aryl methyl sites for hydroxylation is 1. The Morgan fingerprint density at radius 3 is 2.94 bits per heavy atom. The number of amides is 1. The molecule has 3 heteroatoms. The van der Waals surface area contributed by atoms with Crippen LogP contribution in [0.15, 0.2) is 30.4 Å². The largest absolute Gasteiger partial charge is 0.349 e. The molecule has 0 spiro atoms. The van der Waals surface area contributed by atoms with Crippen LogP contribution < -0.4 is 5.32 Å². The van der Waals surface area contributed by atoms with Gasteiger partial charge in [-0.05, 0) is 37.8 Å². The van der Waals surface area contributed by atoms with Gasteiger partial charge in [0, 0.05) is 6.04 Å². The second kappa shape index (κ2) is 5.13. The van der Waals surface area contributed by atoms with Crippen LogP contribution in [0.4, 0.5) is 4.39 Å². The Labute approximate surface area is 101 Å². The van der Waals surface area contributed by atoms with Gasteiger partial charge in [0.25, 0.3) is 5.91 Å². The van der Waals surface area contributed by atoms with Gasteiger partial charge in [0.15, 0.2) is 0 Å². The molecule has 0 radical (unpaired) electrons. The van der Waals surface area contributed by atoms with Crippen molar-refractivity contribution in [2.45, 2.75) is 32.2 Å². The standard InChI is InChI=1S/C14H16FNO/c1-10-6-5-9-12(13(10)15)14(17)16-11-7-3-2-4-8-11/h2-3,5-6,9,11H,4,7-8H2,1H3,(H,16,17). The zero-order chi connectivity index (χ0) is 12.3. The summed E-state index contributed by atoms with van der Waals surface area (Å²) in [5.41, 5.74) is 0.640. The quantitative estimate of drug-likeness (QED) is 0.782. The molecule has 2 nitrogen and oxygen atoms in total. The molecule has 1 aliphatic carbocycles. The molecule has 1 aliphatic rings. The van der Waals surface area contributed by atoms with E-state index in [4.69, 9.17) is 0 Å². The van der Waals surface area contributed by atoms with Gasteiger partial charge in [0.05, 0.1) is 5.56 Å². The van der Waals surface area contributed by atoms with Gasteiger partial charge in [-0.3, -0.25) is 4.79 Å². The van der Waals surface area contributed by atoms with Crippen molar-refractivity contribution >= 4 is 5.91 Å². The van der Waals surface area contributed by atoms with Crippen LogP contribution in [0, 0.1) is 12.7 Å². The third-order valence-corrected chi connectivity index (χ3v) is 3.04. The summed E-state index contributed by atoms with van der Waals surface area (Å²) in [6, 6.07) is 5.02. The predicted octanol–water partition coefficient (Wildman–Crippen LogP) is 2.97. The van der Waals surface area contributed by atoms with E-state index in [1.165, 1.54) is 6.07 Å². The first kappa shape index (κ1) is 11.8. The van der Waals surface area contributed by atoms with Crippen LogP contribution >= 0.6 is 0 Å². The number of nitrogens with one attached hydrogen (secondary N) is 1. The number of hydrogen-bond donors (Lipinski definition) is 1. The fraction of sp³-hybridized carbons (Fsp3) is 0.357. The Hall–Kier alpha value is -1.64. The monoisotopic (exact) mass is 233 g/mol. The Balaban J connectivity index is 2.09. The molecule has 2 rings (SSSR count). The van der Waals surface area contributed by atoms with Crippen molar-refractivity contribution in [3.05, 3.63) is 47.3 Å². The third kappa shape index (κ3) is 2.73. The lowest BCUT2D eigenvalue weighted by molar-refractivity contribution is 0.0930. The number of benzene rings is 1. The van der Waals surface area contributed by atoms with E-state index in [2.05, 4.69) is 17.5 Å². The van der Waals surface area contributed by atoms with Crippen LogP contribution in [0.1, 0.15) is 35.2 Å². The van der Waals surface area contributed by atoms with Crippen LogP contribution in [-0.4, -0.2) is 11.9 Å². The lowest BCUT2D eigenvalue weighted by Gasteiger charge is -2.19. The number of rotatable bonds is 2. The number of carbonyl (C=O) groups excluding carboxylic acids is 1. The molecule has 1 unspecified atom stereocenters. The highest BCUT2D eigenvalue weighted by molar-refractivity contribution is 5.94. The van der Waals surface area contributed by atoms with Gasteiger partial charge in [-0.25, -0.2) is 4.39 Å². The van der Waals surface area contributed by atoms with Crippen LogP contribution in [0.5, 0.6) is 0 Å². The molecular weight excluding hydrogens is 217 g/mol. The Bertz CT molecular complexity index is 454. The molecule has 0 aliphatic heterocycles. The summed E-state index contributed by atoms with van der Waals surface area (Å²) >= 11 is 0. The van der Waals surface area contributed by atoms with Gasteiger partial charge in [0.2, 0.25) is 0 Å². The molecular formula is C14H16FNO. The van der Waals surface area contributed by atoms with E-state index in [1.54, 1.807) is 19.1 Å². The van der Waals surface area contributed by atoms with Crippen LogP contribution in [0.2, 0.25) is 0 Å². The first-order valence-corrected chi connectivity index (χ1v) is 5.89. The maximum atomic E-state index is 13.7. The van der Waals surface area contributed by atoms with Crippen molar-refractivity contribution < 1.29 is 9.18 Å². The smallest absolute Gasteiger partial charge is 0.254 e. The topological polar surface area (TPSA) is 29.1 Å². The normalized spacial score (nSPS) is 19.1. The third-order valence-electron chi connectivity index (χ3n) is 3.04. The molecule has 0 aromatic heterocycles. The molecule has 0 saturated carbocycles. The zero-order valence-corrected chi connectivity index (χ0v) is 9.87. The molecule has 1 atom stereocenters. The molecule has 1 amide bonds. The number of hydrogen-bond acceptors (Lipinski definition) is 1. The van der Waals surface area contributed by atoms with E-state index in [0.717, 1.165) is 19.3 Å². The summed E-state index contributed by atoms with van der Waals surface area (Å²) in [5.74, 6) is -0.733. The van der Waals surface area contributed by atoms with Crippen molar-refractivity contribution in [2.24, 2.45) is 0 Å². The van der Waals surface area contributed by atoms with E-state index in [1.807, 2.05) is 0 Å². The molecule has 0 fully saturated rings. The summed E-state index contributed by atoms with van der Waals surface area (Å²) in [6.07, 6.45) is 6.90. The first-order chi connectivity index (χ1) is 8.18. The van der Waals surface area contributed by atoms with Crippen molar-refractivity contribution in [1.29, 1.82) is 0 Å². The molecule has 0 saturated heterocycles. The second-order valence-electron chi connectivity index (χ2n) is 4.39. The van der Waals surface area contributed by atoms with Crippen molar-refractivity contribution in [1.82, 2.24) is 5.32 Å².